The number of benzene rings is 9. The Morgan fingerprint density at radius 1 is 0.293 bits per heavy atom. The molecule has 0 atom stereocenters. The van der Waals surface area contributed by atoms with Crippen molar-refractivity contribution in [2.75, 3.05) is 14.7 Å². The van der Waals surface area contributed by atoms with E-state index in [0.717, 1.165) is 49.6 Å². The second kappa shape index (κ2) is 15.0. The zero-order chi connectivity index (χ0) is 39.0. The lowest BCUT2D eigenvalue weighted by atomic mass is 10.0. The molecule has 6 heteroatoms. The lowest BCUT2D eigenvalue weighted by molar-refractivity contribution is 0.619. The van der Waals surface area contributed by atoms with Gasteiger partial charge in [0.05, 0.1) is 11.4 Å². The first-order valence-corrected chi connectivity index (χ1v) is 20.0. The average molecular weight is 772 g/mol. The van der Waals surface area contributed by atoms with Crippen molar-refractivity contribution < 1.29 is 8.78 Å². The van der Waals surface area contributed by atoms with E-state index in [-0.39, 0.29) is 11.4 Å². The number of nitrogens with zero attached hydrogens (tertiary/aromatic N) is 3. The summed E-state index contributed by atoms with van der Waals surface area (Å²) in [5, 5.41) is 4.39. The predicted octanol–water partition coefficient (Wildman–Crippen LogP) is 15.9. The molecule has 0 saturated carbocycles. The molecule has 1 heterocycles. The lowest BCUT2D eigenvalue weighted by Crippen LogP contribution is -2.13. The van der Waals surface area contributed by atoms with E-state index in [1.165, 1.54) is 27.6 Å². The van der Waals surface area contributed by atoms with E-state index in [2.05, 4.69) is 137 Å². The Kier molecular flexibility index (Phi) is 9.09. The smallest absolute Gasteiger partial charge is 0.147 e. The highest BCUT2D eigenvalue weighted by Gasteiger charge is 2.21. The minimum Gasteiger partial charge on any atom is -0.311 e. The molecule has 0 bridgehead atoms. The van der Waals surface area contributed by atoms with Crippen molar-refractivity contribution in [3.05, 3.63) is 224 Å². The van der Waals surface area contributed by atoms with Gasteiger partial charge < -0.3 is 14.7 Å². The molecule has 0 fully saturated rings. The van der Waals surface area contributed by atoms with Crippen LogP contribution in [0.5, 0.6) is 0 Å². The molecule has 0 unspecified atom stereocenters. The van der Waals surface area contributed by atoms with Gasteiger partial charge in [-0.25, -0.2) is 8.78 Å². The molecule has 278 valence electrons. The first-order chi connectivity index (χ1) is 28.6. The molecule has 10 rings (SSSR count). The third-order valence-corrected chi connectivity index (χ3v) is 11.6. The SMILES string of the molecule is Fc1ccccc1N(c1ccc2cc3c(cc2c1)sc1cc(N(c2ccccc2)c2ccc(N(c4ccccc4)c4ccccc4)cc2)ccc13)c1ccccc1F. The monoisotopic (exact) mass is 771 g/mol. The molecule has 9 aromatic carbocycles. The Balaban J connectivity index is 1.05. The molecule has 0 aliphatic rings. The van der Waals surface area contributed by atoms with Crippen LogP contribution in [0.2, 0.25) is 0 Å². The summed E-state index contributed by atoms with van der Waals surface area (Å²) in [5.74, 6) is -0.855. The van der Waals surface area contributed by atoms with Gasteiger partial charge in [0.1, 0.15) is 11.6 Å². The normalized spacial score (nSPS) is 11.3. The maximum atomic E-state index is 15.3. The van der Waals surface area contributed by atoms with Gasteiger partial charge in [0.15, 0.2) is 0 Å². The van der Waals surface area contributed by atoms with Crippen molar-refractivity contribution in [1.29, 1.82) is 0 Å². The second-order valence-electron chi connectivity index (χ2n) is 14.1. The van der Waals surface area contributed by atoms with Gasteiger partial charge in [0.25, 0.3) is 0 Å². The van der Waals surface area contributed by atoms with Gasteiger partial charge in [-0.2, -0.15) is 0 Å². The van der Waals surface area contributed by atoms with Gasteiger partial charge in [0, 0.05) is 60.0 Å². The molecule has 1 aromatic heterocycles. The molecule has 0 N–H and O–H groups in total. The highest BCUT2D eigenvalue weighted by molar-refractivity contribution is 7.25. The van der Waals surface area contributed by atoms with Crippen molar-refractivity contribution in [2.24, 2.45) is 0 Å². The summed E-state index contributed by atoms with van der Waals surface area (Å²) in [6.45, 7) is 0. The first-order valence-electron chi connectivity index (χ1n) is 19.1. The minimum atomic E-state index is -0.427. The summed E-state index contributed by atoms with van der Waals surface area (Å²) in [5.41, 5.74) is 7.64. The van der Waals surface area contributed by atoms with E-state index >= 15 is 8.78 Å². The second-order valence-corrected chi connectivity index (χ2v) is 15.2. The molecule has 0 radical (unpaired) electrons. The highest BCUT2D eigenvalue weighted by Crippen LogP contribution is 2.44. The Labute approximate surface area is 339 Å². The van der Waals surface area contributed by atoms with Crippen LogP contribution < -0.4 is 14.7 Å². The summed E-state index contributed by atoms with van der Waals surface area (Å²) in [6.07, 6.45) is 0. The molecule has 0 aliphatic carbocycles. The van der Waals surface area contributed by atoms with Crippen molar-refractivity contribution in [3.63, 3.8) is 0 Å². The molecule has 0 aliphatic heterocycles. The molecule has 0 amide bonds. The van der Waals surface area contributed by atoms with Crippen LogP contribution in [0.3, 0.4) is 0 Å². The van der Waals surface area contributed by atoms with E-state index in [9.17, 15) is 0 Å². The molecular weight excluding hydrogens is 737 g/mol. The topological polar surface area (TPSA) is 9.72 Å². The first kappa shape index (κ1) is 35.2. The van der Waals surface area contributed by atoms with Gasteiger partial charge in [-0.3, -0.25) is 0 Å². The number of para-hydroxylation sites is 5. The summed E-state index contributed by atoms with van der Waals surface area (Å²) in [6, 6.07) is 70.1. The summed E-state index contributed by atoms with van der Waals surface area (Å²) >= 11 is 1.75. The largest absolute Gasteiger partial charge is 0.311 e. The number of thiophene rings is 1. The summed E-state index contributed by atoms with van der Waals surface area (Å²) < 4.78 is 32.9. The maximum absolute atomic E-state index is 15.3. The zero-order valence-corrected chi connectivity index (χ0v) is 32.0. The summed E-state index contributed by atoms with van der Waals surface area (Å²) in [7, 11) is 0. The molecule has 10 aromatic rings. The van der Waals surface area contributed by atoms with Gasteiger partial charge in [-0.15, -0.1) is 11.3 Å². The number of fused-ring (bicyclic) bond motifs is 4. The minimum absolute atomic E-state index is 0.282. The van der Waals surface area contributed by atoms with Crippen LogP contribution in [0.25, 0.3) is 30.9 Å². The molecular formula is C52H35F2N3S. The third kappa shape index (κ3) is 6.49. The van der Waals surface area contributed by atoms with Crippen LogP contribution >= 0.6 is 11.3 Å². The Hall–Kier alpha value is -7.28. The van der Waals surface area contributed by atoms with Crippen molar-refractivity contribution >= 4 is 93.5 Å². The molecule has 3 nitrogen and oxygen atoms in total. The fourth-order valence-corrected chi connectivity index (χ4v) is 8.99. The number of hydrogen-bond acceptors (Lipinski definition) is 4. The number of rotatable bonds is 9. The van der Waals surface area contributed by atoms with Gasteiger partial charge in [-0.1, -0.05) is 91.0 Å². The number of hydrogen-bond donors (Lipinski definition) is 0. The van der Waals surface area contributed by atoms with Crippen LogP contribution in [0, 0.1) is 11.6 Å². The van der Waals surface area contributed by atoms with Crippen LogP contribution in [0.15, 0.2) is 212 Å². The van der Waals surface area contributed by atoms with E-state index in [1.807, 2.05) is 36.4 Å². The molecule has 58 heavy (non-hydrogen) atoms. The third-order valence-electron chi connectivity index (χ3n) is 10.5. The highest BCUT2D eigenvalue weighted by atomic mass is 32.1. The van der Waals surface area contributed by atoms with Crippen LogP contribution in [-0.4, -0.2) is 0 Å². The molecule has 0 saturated heterocycles. The zero-order valence-electron chi connectivity index (χ0n) is 31.2. The Morgan fingerprint density at radius 3 is 1.24 bits per heavy atom. The van der Waals surface area contributed by atoms with Crippen molar-refractivity contribution in [3.8, 4) is 0 Å². The van der Waals surface area contributed by atoms with E-state index in [0.29, 0.717) is 5.69 Å². The van der Waals surface area contributed by atoms with Crippen LogP contribution in [0.4, 0.5) is 60.0 Å². The maximum Gasteiger partial charge on any atom is 0.147 e. The van der Waals surface area contributed by atoms with E-state index in [4.69, 9.17) is 0 Å². The van der Waals surface area contributed by atoms with Crippen LogP contribution in [0.1, 0.15) is 0 Å². The van der Waals surface area contributed by atoms with Gasteiger partial charge in [-0.05, 0) is 132 Å². The fraction of sp³-hybridized carbons (Fsp3) is 0. The number of halogens is 2. The average Bonchev–Trinajstić information content (AvgIpc) is 3.62. The molecule has 0 spiro atoms. The van der Waals surface area contributed by atoms with Crippen LogP contribution in [-0.2, 0) is 0 Å². The number of anilines is 9. The van der Waals surface area contributed by atoms with E-state index in [1.54, 1.807) is 52.6 Å². The fourth-order valence-electron chi connectivity index (χ4n) is 7.82. The quantitative estimate of drug-likeness (QED) is 0.145. The lowest BCUT2D eigenvalue weighted by Gasteiger charge is -2.28. The standard InChI is InChI=1S/C52H35F2N3S/c53-47-20-10-12-22-49(47)57(50-23-13-11-21-48(50)54)43-25-24-36-33-46-45-31-30-44(35-52(45)58-51(46)34-37(36)32-43)56(40-18-8-3-9-19-40)42-28-26-41(27-29-42)55(38-14-4-1-5-15-38)39-16-6-2-7-17-39/h1-35H. The Morgan fingerprint density at radius 2 is 0.707 bits per heavy atom. The van der Waals surface area contributed by atoms with Gasteiger partial charge >= 0.3 is 0 Å². The predicted molar refractivity (Wildman–Crippen MR) is 241 cm³/mol. The van der Waals surface area contributed by atoms with Crippen molar-refractivity contribution in [2.45, 2.75) is 0 Å². The summed E-state index contributed by atoms with van der Waals surface area (Å²) in [4.78, 5) is 6.22. The van der Waals surface area contributed by atoms with Crippen molar-refractivity contribution in [1.82, 2.24) is 0 Å². The Bertz CT molecular complexity index is 2960. The van der Waals surface area contributed by atoms with E-state index < -0.39 is 11.6 Å². The van der Waals surface area contributed by atoms with Gasteiger partial charge in [0.2, 0.25) is 0 Å².